The summed E-state index contributed by atoms with van der Waals surface area (Å²) in [5.41, 5.74) is 2.11. The molecule has 0 aliphatic carbocycles. The highest BCUT2D eigenvalue weighted by Crippen LogP contribution is 2.13. The molecule has 0 N–H and O–H groups in total. The summed E-state index contributed by atoms with van der Waals surface area (Å²) in [4.78, 5) is 22.0. The molecule has 0 radical (unpaired) electrons. The van der Waals surface area contributed by atoms with Crippen molar-refractivity contribution >= 4 is 23.1 Å². The molecule has 0 amide bonds. The van der Waals surface area contributed by atoms with Crippen LogP contribution in [0.15, 0.2) is 77.7 Å². The molecule has 2 aromatic carbocycles. The molecular weight excluding hydrogens is 341 g/mol. The summed E-state index contributed by atoms with van der Waals surface area (Å²) in [6.07, 6.45) is 5.28. The van der Waals surface area contributed by atoms with Gasteiger partial charge >= 0.3 is 0 Å². The van der Waals surface area contributed by atoms with Crippen LogP contribution in [0.25, 0.3) is 23.1 Å². The number of nitrogens with zero attached hydrogens (tertiary/aromatic N) is 3. The van der Waals surface area contributed by atoms with E-state index in [1.165, 1.54) is 12.1 Å². The van der Waals surface area contributed by atoms with Gasteiger partial charge in [-0.05, 0) is 48.0 Å². The van der Waals surface area contributed by atoms with E-state index in [-0.39, 0.29) is 11.4 Å². The van der Waals surface area contributed by atoms with Crippen LogP contribution in [-0.2, 0) is 6.54 Å². The summed E-state index contributed by atoms with van der Waals surface area (Å²) in [6.45, 7) is 0.320. The third kappa shape index (κ3) is 3.67. The number of aromatic nitrogens is 3. The molecule has 2 aromatic heterocycles. The average Bonchev–Trinajstić information content (AvgIpc) is 2.71. The summed E-state index contributed by atoms with van der Waals surface area (Å²) in [5.74, 6) is 0.233. The second-order valence-corrected chi connectivity index (χ2v) is 6.08. The predicted octanol–water partition coefficient (Wildman–Crippen LogP) is 4.15. The highest BCUT2D eigenvalue weighted by atomic mass is 19.1. The largest absolute Gasteiger partial charge is 0.287 e. The number of para-hydroxylation sites is 1. The first kappa shape index (κ1) is 16.8. The lowest BCUT2D eigenvalue weighted by atomic mass is 10.2. The Balaban J connectivity index is 1.83. The lowest BCUT2D eigenvalue weighted by molar-refractivity contribution is 0.628. The maximum Gasteiger partial charge on any atom is 0.261 e. The van der Waals surface area contributed by atoms with Gasteiger partial charge in [0.2, 0.25) is 0 Å². The lowest BCUT2D eigenvalue weighted by Gasteiger charge is -2.11. The van der Waals surface area contributed by atoms with Gasteiger partial charge in [0.15, 0.2) is 0 Å². The van der Waals surface area contributed by atoms with Crippen molar-refractivity contribution in [1.29, 1.82) is 0 Å². The molecule has 0 spiro atoms. The van der Waals surface area contributed by atoms with E-state index < -0.39 is 0 Å². The Morgan fingerprint density at radius 3 is 2.48 bits per heavy atom. The molecule has 4 nitrogen and oxygen atoms in total. The van der Waals surface area contributed by atoms with Gasteiger partial charge in [0.05, 0.1) is 23.1 Å². The van der Waals surface area contributed by atoms with Crippen LogP contribution in [0.1, 0.15) is 17.1 Å². The smallest absolute Gasteiger partial charge is 0.261 e. The Morgan fingerprint density at radius 2 is 1.70 bits per heavy atom. The van der Waals surface area contributed by atoms with Gasteiger partial charge in [-0.15, -0.1) is 0 Å². The van der Waals surface area contributed by atoms with Crippen molar-refractivity contribution in [1.82, 2.24) is 14.5 Å². The van der Waals surface area contributed by atoms with Crippen LogP contribution in [0.2, 0.25) is 0 Å². The van der Waals surface area contributed by atoms with Gasteiger partial charge in [-0.25, -0.2) is 9.37 Å². The maximum absolute atomic E-state index is 13.1. The van der Waals surface area contributed by atoms with Crippen LogP contribution in [0.5, 0.6) is 0 Å². The summed E-state index contributed by atoms with van der Waals surface area (Å²) < 4.78 is 14.7. The third-order valence-electron chi connectivity index (χ3n) is 4.23. The van der Waals surface area contributed by atoms with Gasteiger partial charge in [0.25, 0.3) is 5.56 Å². The molecule has 4 rings (SSSR count). The molecule has 0 fully saturated rings. The number of hydrogen-bond acceptors (Lipinski definition) is 3. The van der Waals surface area contributed by atoms with Gasteiger partial charge < -0.3 is 0 Å². The fourth-order valence-corrected chi connectivity index (χ4v) is 2.86. The van der Waals surface area contributed by atoms with E-state index in [2.05, 4.69) is 9.97 Å². The van der Waals surface area contributed by atoms with E-state index in [9.17, 15) is 9.18 Å². The van der Waals surface area contributed by atoms with E-state index in [1.807, 2.05) is 42.5 Å². The van der Waals surface area contributed by atoms with Crippen molar-refractivity contribution in [2.24, 2.45) is 0 Å². The zero-order chi connectivity index (χ0) is 18.6. The van der Waals surface area contributed by atoms with Crippen molar-refractivity contribution in [2.45, 2.75) is 6.54 Å². The molecule has 2 heterocycles. The first-order valence-electron chi connectivity index (χ1n) is 8.54. The maximum atomic E-state index is 13.1. The number of benzene rings is 2. The first-order chi connectivity index (χ1) is 13.2. The summed E-state index contributed by atoms with van der Waals surface area (Å²) in [5, 5.41) is 0.562. The molecule has 5 heteroatoms. The van der Waals surface area contributed by atoms with E-state index in [0.29, 0.717) is 23.3 Å². The molecule has 0 unspecified atom stereocenters. The Kier molecular flexibility index (Phi) is 4.58. The van der Waals surface area contributed by atoms with Crippen LogP contribution in [-0.4, -0.2) is 14.5 Å². The fraction of sp³-hybridized carbons (Fsp3) is 0.0455. The molecular formula is C22H16FN3O. The van der Waals surface area contributed by atoms with Crippen molar-refractivity contribution < 1.29 is 4.39 Å². The third-order valence-corrected chi connectivity index (χ3v) is 4.23. The van der Waals surface area contributed by atoms with Gasteiger partial charge in [-0.2, -0.15) is 0 Å². The van der Waals surface area contributed by atoms with Crippen LogP contribution >= 0.6 is 0 Å². The predicted molar refractivity (Wildman–Crippen MR) is 105 cm³/mol. The van der Waals surface area contributed by atoms with Crippen LogP contribution < -0.4 is 5.56 Å². The summed E-state index contributed by atoms with van der Waals surface area (Å²) >= 11 is 0. The molecule has 0 aliphatic rings. The minimum Gasteiger partial charge on any atom is -0.287 e. The minimum absolute atomic E-state index is 0.120. The molecule has 4 aromatic rings. The van der Waals surface area contributed by atoms with Crippen molar-refractivity contribution in [3.63, 3.8) is 0 Å². The Bertz CT molecular complexity index is 1170. The van der Waals surface area contributed by atoms with Crippen molar-refractivity contribution in [2.75, 3.05) is 0 Å². The van der Waals surface area contributed by atoms with E-state index in [0.717, 1.165) is 11.3 Å². The standard InChI is InChI=1S/C22H16FN3O/c23-17-11-8-16(9-12-17)10-13-21-25-20-7-2-1-6-19(20)22(27)26(21)15-18-5-3-4-14-24-18/h1-14H,15H2/b13-10+. The first-order valence-corrected chi connectivity index (χ1v) is 8.54. The lowest BCUT2D eigenvalue weighted by Crippen LogP contribution is -2.24. The van der Waals surface area contributed by atoms with Crippen molar-refractivity contribution in [3.8, 4) is 0 Å². The normalized spacial score (nSPS) is 11.3. The van der Waals surface area contributed by atoms with Crippen LogP contribution in [0.4, 0.5) is 4.39 Å². The van der Waals surface area contributed by atoms with Crippen LogP contribution in [0.3, 0.4) is 0 Å². The van der Waals surface area contributed by atoms with Gasteiger partial charge in [0, 0.05) is 6.20 Å². The number of halogens is 1. The molecule has 132 valence electrons. The molecule has 0 saturated carbocycles. The number of pyridine rings is 1. The monoisotopic (exact) mass is 357 g/mol. The number of rotatable bonds is 4. The summed E-state index contributed by atoms with van der Waals surface area (Å²) in [7, 11) is 0. The van der Waals surface area contributed by atoms with Gasteiger partial charge in [-0.3, -0.25) is 14.3 Å². The topological polar surface area (TPSA) is 47.8 Å². The zero-order valence-electron chi connectivity index (χ0n) is 14.4. The van der Waals surface area contributed by atoms with Crippen LogP contribution in [0, 0.1) is 5.82 Å². The number of fused-ring (bicyclic) bond motifs is 1. The SMILES string of the molecule is O=c1c2ccccc2nc(/C=C/c2ccc(F)cc2)n1Cc1ccccn1. The highest BCUT2D eigenvalue weighted by Gasteiger charge is 2.10. The molecule has 0 bridgehead atoms. The molecule has 0 atom stereocenters. The van der Waals surface area contributed by atoms with E-state index >= 15 is 0 Å². The Labute approximate surface area is 155 Å². The fourth-order valence-electron chi connectivity index (χ4n) is 2.86. The average molecular weight is 357 g/mol. The second-order valence-electron chi connectivity index (χ2n) is 6.08. The van der Waals surface area contributed by atoms with Gasteiger partial charge in [0.1, 0.15) is 11.6 Å². The van der Waals surface area contributed by atoms with E-state index in [1.54, 1.807) is 35.0 Å². The quantitative estimate of drug-likeness (QED) is 0.551. The Hall–Kier alpha value is -3.60. The minimum atomic E-state index is -0.289. The second kappa shape index (κ2) is 7.33. The molecule has 0 saturated heterocycles. The zero-order valence-corrected chi connectivity index (χ0v) is 14.4. The highest BCUT2D eigenvalue weighted by molar-refractivity contribution is 5.79. The van der Waals surface area contributed by atoms with Gasteiger partial charge in [-0.1, -0.05) is 36.4 Å². The molecule has 27 heavy (non-hydrogen) atoms. The van der Waals surface area contributed by atoms with E-state index in [4.69, 9.17) is 0 Å². The number of hydrogen-bond donors (Lipinski definition) is 0. The summed E-state index contributed by atoms with van der Waals surface area (Å²) in [6, 6.07) is 19.0. The van der Waals surface area contributed by atoms with Crippen molar-refractivity contribution in [3.05, 3.63) is 106 Å². The Morgan fingerprint density at radius 1 is 0.926 bits per heavy atom. The molecule has 0 aliphatic heterocycles.